The summed E-state index contributed by atoms with van der Waals surface area (Å²) >= 11 is 0. The van der Waals surface area contributed by atoms with Crippen molar-refractivity contribution in [2.45, 2.75) is 12.8 Å². The number of methoxy groups -OCH3 is 1. The summed E-state index contributed by atoms with van der Waals surface area (Å²) in [7, 11) is 1.55. The molecule has 20 heavy (non-hydrogen) atoms. The van der Waals surface area contributed by atoms with Crippen LogP contribution in [0.25, 0.3) is 10.8 Å². The highest BCUT2D eigenvalue weighted by atomic mass is 16.5. The molecule has 0 unspecified atom stereocenters. The standard InChI is InChI=1S/C16H14O4/c1-20-15-11-5-3-2-4-9(11)6-12-13(15)7-10(16(18)19)8-14(12)17/h2-6,10H,7-8H2,1H3,(H,18,19)/t10-/m1/s1. The van der Waals surface area contributed by atoms with Crippen LogP contribution in [0.2, 0.25) is 0 Å². The van der Waals surface area contributed by atoms with Crippen molar-refractivity contribution in [2.24, 2.45) is 5.92 Å². The molecule has 1 atom stereocenters. The average Bonchev–Trinajstić information content (AvgIpc) is 2.45. The van der Waals surface area contributed by atoms with Crippen LogP contribution in [-0.2, 0) is 11.2 Å². The number of hydrogen-bond acceptors (Lipinski definition) is 3. The fourth-order valence-electron chi connectivity index (χ4n) is 2.87. The zero-order valence-electron chi connectivity index (χ0n) is 11.1. The monoisotopic (exact) mass is 270 g/mol. The highest BCUT2D eigenvalue weighted by Crippen LogP contribution is 2.38. The van der Waals surface area contributed by atoms with Crippen molar-refractivity contribution in [3.8, 4) is 5.75 Å². The highest BCUT2D eigenvalue weighted by molar-refractivity contribution is 6.06. The maximum Gasteiger partial charge on any atom is 0.307 e. The first kappa shape index (κ1) is 12.7. The zero-order valence-corrected chi connectivity index (χ0v) is 11.1. The Morgan fingerprint density at radius 2 is 2.05 bits per heavy atom. The quantitative estimate of drug-likeness (QED) is 0.911. The van der Waals surface area contributed by atoms with E-state index in [4.69, 9.17) is 9.84 Å². The van der Waals surface area contributed by atoms with Crippen LogP contribution in [0.5, 0.6) is 5.75 Å². The second kappa shape index (κ2) is 4.63. The van der Waals surface area contributed by atoms with Gasteiger partial charge >= 0.3 is 5.97 Å². The van der Waals surface area contributed by atoms with E-state index in [9.17, 15) is 9.59 Å². The van der Waals surface area contributed by atoms with Gasteiger partial charge in [0.15, 0.2) is 5.78 Å². The van der Waals surface area contributed by atoms with Gasteiger partial charge in [-0.1, -0.05) is 24.3 Å². The molecule has 0 aromatic heterocycles. The van der Waals surface area contributed by atoms with E-state index in [-0.39, 0.29) is 12.2 Å². The number of benzene rings is 2. The van der Waals surface area contributed by atoms with Gasteiger partial charge in [0.2, 0.25) is 0 Å². The summed E-state index contributed by atoms with van der Waals surface area (Å²) < 4.78 is 5.46. The van der Waals surface area contributed by atoms with E-state index in [1.54, 1.807) is 7.11 Å². The number of ketones is 1. The molecule has 1 aliphatic rings. The Labute approximate surface area is 116 Å². The first-order chi connectivity index (χ1) is 9.61. The van der Waals surface area contributed by atoms with Crippen LogP contribution in [-0.4, -0.2) is 24.0 Å². The largest absolute Gasteiger partial charge is 0.496 e. The molecular weight excluding hydrogens is 256 g/mol. The van der Waals surface area contributed by atoms with E-state index >= 15 is 0 Å². The van der Waals surface area contributed by atoms with E-state index in [2.05, 4.69) is 0 Å². The van der Waals surface area contributed by atoms with Crippen LogP contribution < -0.4 is 4.74 Å². The van der Waals surface area contributed by atoms with E-state index in [1.165, 1.54) is 0 Å². The second-order valence-electron chi connectivity index (χ2n) is 5.02. The molecule has 0 spiro atoms. The molecule has 0 bridgehead atoms. The van der Waals surface area contributed by atoms with Crippen molar-refractivity contribution in [2.75, 3.05) is 7.11 Å². The number of fused-ring (bicyclic) bond motifs is 2. The van der Waals surface area contributed by atoms with E-state index in [0.717, 1.165) is 16.3 Å². The SMILES string of the molecule is COc1c2c(cc3ccccc13)C(=O)C[C@H](C(=O)O)C2. The topological polar surface area (TPSA) is 63.6 Å². The Bertz CT molecular complexity index is 718. The summed E-state index contributed by atoms with van der Waals surface area (Å²) in [5.41, 5.74) is 1.31. The van der Waals surface area contributed by atoms with Gasteiger partial charge in [-0.25, -0.2) is 0 Å². The number of carbonyl (C=O) groups is 2. The van der Waals surface area contributed by atoms with Crippen molar-refractivity contribution >= 4 is 22.5 Å². The predicted octanol–water partition coefficient (Wildman–Crippen LogP) is 2.68. The maximum absolute atomic E-state index is 12.2. The fourth-order valence-corrected chi connectivity index (χ4v) is 2.87. The second-order valence-corrected chi connectivity index (χ2v) is 5.02. The molecule has 0 radical (unpaired) electrons. The smallest absolute Gasteiger partial charge is 0.307 e. The maximum atomic E-state index is 12.2. The molecule has 0 saturated carbocycles. The molecule has 1 N–H and O–H groups in total. The van der Waals surface area contributed by atoms with Gasteiger partial charge in [0, 0.05) is 22.9 Å². The summed E-state index contributed by atoms with van der Waals surface area (Å²) in [5, 5.41) is 11.0. The third-order valence-corrected chi connectivity index (χ3v) is 3.84. The number of carbonyl (C=O) groups excluding carboxylic acids is 1. The first-order valence-electron chi connectivity index (χ1n) is 6.46. The summed E-state index contributed by atoms with van der Waals surface area (Å²) in [5.74, 6) is -1.09. The third-order valence-electron chi connectivity index (χ3n) is 3.84. The van der Waals surface area contributed by atoms with Gasteiger partial charge in [-0.3, -0.25) is 9.59 Å². The first-order valence-corrected chi connectivity index (χ1v) is 6.46. The Kier molecular flexibility index (Phi) is 2.93. The Morgan fingerprint density at radius 1 is 1.30 bits per heavy atom. The average molecular weight is 270 g/mol. The van der Waals surface area contributed by atoms with Crippen molar-refractivity contribution < 1.29 is 19.4 Å². The van der Waals surface area contributed by atoms with Gasteiger partial charge in [0.1, 0.15) is 5.75 Å². The lowest BCUT2D eigenvalue weighted by molar-refractivity contribution is -0.141. The minimum absolute atomic E-state index is 0.0594. The molecule has 1 aliphatic carbocycles. The summed E-state index contributed by atoms with van der Waals surface area (Å²) in [6.45, 7) is 0. The molecule has 4 nitrogen and oxygen atoms in total. The number of aliphatic carboxylic acids is 1. The summed E-state index contributed by atoms with van der Waals surface area (Å²) in [6, 6.07) is 9.49. The molecule has 0 amide bonds. The Balaban J connectivity index is 2.27. The molecule has 3 rings (SSSR count). The number of ether oxygens (including phenoxy) is 1. The molecular formula is C16H14O4. The molecule has 4 heteroatoms. The van der Waals surface area contributed by atoms with Gasteiger partial charge in [0.05, 0.1) is 13.0 Å². The fraction of sp³-hybridized carbons (Fsp3) is 0.250. The van der Waals surface area contributed by atoms with Crippen molar-refractivity contribution in [1.82, 2.24) is 0 Å². The number of Topliss-reactive ketones (excluding diaryl/α,β-unsaturated/α-hetero) is 1. The van der Waals surface area contributed by atoms with Crippen LogP contribution in [0, 0.1) is 5.92 Å². The van der Waals surface area contributed by atoms with Gasteiger partial charge in [-0.05, 0) is 17.9 Å². The lowest BCUT2D eigenvalue weighted by atomic mass is 9.81. The number of hydrogen-bond donors (Lipinski definition) is 1. The van der Waals surface area contributed by atoms with Crippen LogP contribution in [0.1, 0.15) is 22.3 Å². The molecule has 0 heterocycles. The van der Waals surface area contributed by atoms with Crippen LogP contribution >= 0.6 is 0 Å². The van der Waals surface area contributed by atoms with Gasteiger partial charge < -0.3 is 9.84 Å². The number of rotatable bonds is 2. The molecule has 0 saturated heterocycles. The molecule has 0 aliphatic heterocycles. The van der Waals surface area contributed by atoms with Gasteiger partial charge in [0.25, 0.3) is 0 Å². The third kappa shape index (κ3) is 1.84. The Hall–Kier alpha value is -2.36. The normalized spacial score (nSPS) is 17.9. The number of carboxylic acids is 1. The van der Waals surface area contributed by atoms with E-state index < -0.39 is 11.9 Å². The van der Waals surface area contributed by atoms with Crippen molar-refractivity contribution in [3.63, 3.8) is 0 Å². The van der Waals surface area contributed by atoms with Gasteiger partial charge in [-0.15, -0.1) is 0 Å². The molecule has 2 aromatic rings. The summed E-state index contributed by atoms with van der Waals surface area (Å²) in [6.07, 6.45) is 0.397. The van der Waals surface area contributed by atoms with Crippen LogP contribution in [0.15, 0.2) is 30.3 Å². The Morgan fingerprint density at radius 3 is 2.75 bits per heavy atom. The van der Waals surface area contributed by atoms with Crippen molar-refractivity contribution in [1.29, 1.82) is 0 Å². The minimum Gasteiger partial charge on any atom is -0.496 e. The van der Waals surface area contributed by atoms with E-state index in [1.807, 2.05) is 30.3 Å². The van der Waals surface area contributed by atoms with E-state index in [0.29, 0.717) is 17.7 Å². The predicted molar refractivity (Wildman–Crippen MR) is 74.3 cm³/mol. The lowest BCUT2D eigenvalue weighted by Gasteiger charge is -2.23. The van der Waals surface area contributed by atoms with Gasteiger partial charge in [-0.2, -0.15) is 0 Å². The van der Waals surface area contributed by atoms with Crippen LogP contribution in [0.3, 0.4) is 0 Å². The van der Waals surface area contributed by atoms with Crippen molar-refractivity contribution in [3.05, 3.63) is 41.5 Å². The molecule has 0 fully saturated rings. The zero-order chi connectivity index (χ0) is 14.3. The lowest BCUT2D eigenvalue weighted by Crippen LogP contribution is -2.26. The number of carboxylic acid groups (broad SMARTS) is 1. The van der Waals surface area contributed by atoms with Crippen LogP contribution in [0.4, 0.5) is 0 Å². The highest BCUT2D eigenvalue weighted by Gasteiger charge is 2.32. The molecule has 2 aromatic carbocycles. The molecule has 102 valence electrons. The minimum atomic E-state index is -0.931. The summed E-state index contributed by atoms with van der Waals surface area (Å²) in [4.78, 5) is 23.4.